The molecule has 1 aliphatic rings. The average Bonchev–Trinajstić information content (AvgIpc) is 3.00. The second kappa shape index (κ2) is 8.07. The molecule has 5 nitrogen and oxygen atoms in total. The van der Waals surface area contributed by atoms with Crippen molar-refractivity contribution in [3.8, 4) is 5.75 Å². The highest BCUT2D eigenvalue weighted by Crippen LogP contribution is 2.31. The van der Waals surface area contributed by atoms with Gasteiger partial charge in [0.2, 0.25) is 0 Å². The van der Waals surface area contributed by atoms with Crippen molar-refractivity contribution in [2.45, 2.75) is 38.8 Å². The summed E-state index contributed by atoms with van der Waals surface area (Å²) in [6.07, 6.45) is 1.24. The molecule has 1 aliphatic heterocycles. The summed E-state index contributed by atoms with van der Waals surface area (Å²) in [4.78, 5) is 14.6. The number of hydrogen-bond acceptors (Lipinski definition) is 4. The first-order chi connectivity index (χ1) is 12.8. The number of benzene rings is 2. The van der Waals surface area contributed by atoms with Gasteiger partial charge in [-0.1, -0.05) is 42.8 Å². The Morgan fingerprint density at radius 3 is 2.59 bits per heavy atom. The van der Waals surface area contributed by atoms with Crippen LogP contribution in [0.3, 0.4) is 0 Å². The van der Waals surface area contributed by atoms with Crippen molar-refractivity contribution in [1.29, 1.82) is 0 Å². The number of carbonyl (C=O) groups is 1. The first-order valence-electron chi connectivity index (χ1n) is 9.14. The number of nitrogens with zero attached hydrogens (tertiary/aromatic N) is 1. The molecule has 0 saturated carbocycles. The number of carbonyl (C=O) groups excluding carboxylic acids is 1. The largest absolute Gasteiger partial charge is 0.483 e. The Morgan fingerprint density at radius 2 is 1.96 bits per heavy atom. The fraction of sp³-hybridized carbons (Fsp3) is 0.450. The Labute approximate surface area is 165 Å². The van der Waals surface area contributed by atoms with E-state index >= 15 is 0 Å². The quantitative estimate of drug-likeness (QED) is 0.729. The van der Waals surface area contributed by atoms with Gasteiger partial charge in [-0.05, 0) is 31.9 Å². The topological polar surface area (TPSA) is 63.7 Å². The maximum atomic E-state index is 12.9. The number of fused-ring (bicyclic) bond motifs is 1. The second-order valence-corrected chi connectivity index (χ2v) is 9.63. The van der Waals surface area contributed by atoms with Crippen molar-refractivity contribution in [2.75, 3.05) is 18.1 Å². The smallest absolute Gasteiger partial charge is 0.261 e. The predicted octanol–water partition coefficient (Wildman–Crippen LogP) is 3.69. The van der Waals surface area contributed by atoms with Gasteiger partial charge in [-0.25, -0.2) is 8.42 Å². The third-order valence-corrected chi connectivity index (χ3v) is 7.22. The van der Waals surface area contributed by atoms with Crippen LogP contribution < -0.4 is 4.74 Å². The van der Waals surface area contributed by atoms with Gasteiger partial charge in [0, 0.05) is 27.9 Å². The maximum Gasteiger partial charge on any atom is 0.261 e. The van der Waals surface area contributed by atoms with Crippen LogP contribution in [-0.4, -0.2) is 49.4 Å². The van der Waals surface area contributed by atoms with Gasteiger partial charge in [0.05, 0.1) is 11.5 Å². The average molecular weight is 410 g/mol. The molecule has 0 bridgehead atoms. The highest BCUT2D eigenvalue weighted by Gasteiger charge is 2.36. The first-order valence-corrected chi connectivity index (χ1v) is 11.3. The fourth-order valence-electron chi connectivity index (χ4n) is 3.58. The lowest BCUT2D eigenvalue weighted by Gasteiger charge is -2.33. The van der Waals surface area contributed by atoms with Crippen LogP contribution >= 0.6 is 11.6 Å². The molecule has 0 unspecified atom stereocenters. The van der Waals surface area contributed by atoms with Crippen LogP contribution in [0.1, 0.15) is 26.7 Å². The van der Waals surface area contributed by atoms with Crippen LogP contribution in [-0.2, 0) is 14.6 Å². The molecular weight excluding hydrogens is 386 g/mol. The molecule has 3 rings (SSSR count). The predicted molar refractivity (Wildman–Crippen MR) is 108 cm³/mol. The van der Waals surface area contributed by atoms with Crippen molar-refractivity contribution in [2.24, 2.45) is 0 Å². The number of halogens is 1. The highest BCUT2D eigenvalue weighted by molar-refractivity contribution is 7.91. The minimum Gasteiger partial charge on any atom is -0.483 e. The van der Waals surface area contributed by atoms with Crippen LogP contribution in [0.2, 0.25) is 5.02 Å². The molecule has 1 fully saturated rings. The van der Waals surface area contributed by atoms with E-state index in [1.807, 2.05) is 38.1 Å². The van der Waals surface area contributed by atoms with Gasteiger partial charge in [-0.2, -0.15) is 0 Å². The molecule has 1 heterocycles. The molecule has 2 aromatic rings. The van der Waals surface area contributed by atoms with Crippen molar-refractivity contribution in [3.63, 3.8) is 0 Å². The summed E-state index contributed by atoms with van der Waals surface area (Å²) in [5.41, 5.74) is 0. The first kappa shape index (κ1) is 20.0. The normalized spacial score (nSPS) is 19.7. The van der Waals surface area contributed by atoms with Crippen LogP contribution in [0, 0.1) is 0 Å². The van der Waals surface area contributed by atoms with Gasteiger partial charge in [0.25, 0.3) is 5.91 Å². The van der Waals surface area contributed by atoms with Gasteiger partial charge >= 0.3 is 0 Å². The zero-order valence-corrected chi connectivity index (χ0v) is 17.1. The van der Waals surface area contributed by atoms with Crippen molar-refractivity contribution in [3.05, 3.63) is 41.4 Å². The molecule has 2 aromatic carbocycles. The summed E-state index contributed by atoms with van der Waals surface area (Å²) in [6.45, 7) is 3.80. The molecule has 1 saturated heterocycles. The number of sulfone groups is 1. The van der Waals surface area contributed by atoms with Crippen LogP contribution in [0.5, 0.6) is 5.75 Å². The lowest BCUT2D eigenvalue weighted by molar-refractivity contribution is -0.137. The van der Waals surface area contributed by atoms with Crippen LogP contribution in [0.25, 0.3) is 10.8 Å². The lowest BCUT2D eigenvalue weighted by Crippen LogP contribution is -2.48. The zero-order chi connectivity index (χ0) is 19.6. The minimum atomic E-state index is -3.07. The number of rotatable bonds is 6. The molecule has 0 N–H and O–H groups in total. The molecule has 27 heavy (non-hydrogen) atoms. The van der Waals surface area contributed by atoms with Crippen molar-refractivity contribution >= 4 is 38.1 Å². The molecule has 7 heteroatoms. The zero-order valence-electron chi connectivity index (χ0n) is 15.5. The molecule has 0 aromatic heterocycles. The molecule has 0 radical (unpaired) electrons. The van der Waals surface area contributed by atoms with Gasteiger partial charge in [0.1, 0.15) is 5.75 Å². The Hall–Kier alpha value is -1.79. The van der Waals surface area contributed by atoms with E-state index in [0.29, 0.717) is 17.2 Å². The summed E-state index contributed by atoms with van der Waals surface area (Å²) in [6, 6.07) is 10.8. The van der Waals surface area contributed by atoms with Crippen molar-refractivity contribution in [1.82, 2.24) is 4.90 Å². The minimum absolute atomic E-state index is 0.0347. The number of ether oxygens (including phenoxy) is 1. The van der Waals surface area contributed by atoms with Gasteiger partial charge in [0.15, 0.2) is 16.4 Å². The number of hydrogen-bond donors (Lipinski definition) is 0. The summed E-state index contributed by atoms with van der Waals surface area (Å²) in [5, 5.41) is 2.34. The van der Waals surface area contributed by atoms with Gasteiger partial charge in [-0.15, -0.1) is 0 Å². The van der Waals surface area contributed by atoms with E-state index in [1.165, 1.54) is 0 Å². The van der Waals surface area contributed by atoms with E-state index < -0.39 is 9.84 Å². The van der Waals surface area contributed by atoms with Gasteiger partial charge < -0.3 is 9.64 Å². The summed E-state index contributed by atoms with van der Waals surface area (Å²) in [7, 11) is -3.07. The summed E-state index contributed by atoms with van der Waals surface area (Å²) < 4.78 is 29.5. The lowest BCUT2D eigenvalue weighted by atomic mass is 10.1. The second-order valence-electron chi connectivity index (χ2n) is 6.99. The maximum absolute atomic E-state index is 12.9. The van der Waals surface area contributed by atoms with E-state index in [4.69, 9.17) is 16.3 Å². The fourth-order valence-corrected chi connectivity index (χ4v) is 5.51. The molecule has 2 atom stereocenters. The van der Waals surface area contributed by atoms with E-state index in [2.05, 4.69) is 0 Å². The Bertz CT molecular complexity index is 944. The van der Waals surface area contributed by atoms with Crippen molar-refractivity contribution < 1.29 is 17.9 Å². The third kappa shape index (κ3) is 4.38. The monoisotopic (exact) mass is 409 g/mol. The third-order valence-electron chi connectivity index (χ3n) is 5.14. The summed E-state index contributed by atoms with van der Waals surface area (Å²) >= 11 is 6.23. The molecule has 0 aliphatic carbocycles. The van der Waals surface area contributed by atoms with E-state index in [1.54, 1.807) is 17.0 Å². The molecule has 1 amide bonds. The molecular formula is C20H24ClNO4S. The standard InChI is InChI=1S/C20H24ClNO4S/c1-3-14(2)22(15-10-11-27(24,25)13-15)20(23)12-26-19-9-8-18(21)16-6-4-5-7-17(16)19/h4-9,14-15H,3,10-13H2,1-2H3/t14-,15-/m1/s1. The van der Waals surface area contributed by atoms with Crippen LogP contribution in [0.4, 0.5) is 0 Å². The Morgan fingerprint density at radius 1 is 1.26 bits per heavy atom. The molecule has 0 spiro atoms. The molecule has 146 valence electrons. The highest BCUT2D eigenvalue weighted by atomic mass is 35.5. The number of amides is 1. The van der Waals surface area contributed by atoms with Gasteiger partial charge in [-0.3, -0.25) is 4.79 Å². The van der Waals surface area contributed by atoms with Crippen LogP contribution in [0.15, 0.2) is 36.4 Å². The summed E-state index contributed by atoms with van der Waals surface area (Å²) in [5.74, 6) is 0.574. The Kier molecular flexibility index (Phi) is 5.96. The Balaban J connectivity index is 1.78. The van der Waals surface area contributed by atoms with E-state index in [0.717, 1.165) is 17.2 Å². The van der Waals surface area contributed by atoms with E-state index in [9.17, 15) is 13.2 Å². The SMILES string of the molecule is CC[C@@H](C)N(C(=O)COc1ccc(Cl)c2ccccc12)[C@@H]1CCS(=O)(=O)C1. The van der Waals surface area contributed by atoms with E-state index in [-0.39, 0.29) is 36.1 Å².